The molecule has 10 heteroatoms. The van der Waals surface area contributed by atoms with E-state index in [1.54, 1.807) is 13.8 Å². The maximum Gasteiger partial charge on any atom is 0.417 e. The number of nitrogen functional groups attached to an aromatic ring is 1. The number of anilines is 1. The molecule has 4 nitrogen and oxygen atoms in total. The monoisotopic (exact) mass is 406 g/mol. The van der Waals surface area contributed by atoms with Crippen molar-refractivity contribution in [2.45, 2.75) is 26.2 Å². The summed E-state index contributed by atoms with van der Waals surface area (Å²) in [6.07, 6.45) is -9.05. The van der Waals surface area contributed by atoms with Gasteiger partial charge in [-0.2, -0.15) is 26.3 Å². The minimum absolute atomic E-state index is 0.00746. The van der Waals surface area contributed by atoms with Crippen LogP contribution in [0.25, 0.3) is 11.1 Å². The molecule has 1 aromatic carbocycles. The molecule has 0 saturated carbocycles. The van der Waals surface area contributed by atoms with Gasteiger partial charge in [0.05, 0.1) is 17.7 Å². The first-order valence-corrected chi connectivity index (χ1v) is 8.02. The maximum atomic E-state index is 13.3. The molecular weight excluding hydrogens is 390 g/mol. The Balaban J connectivity index is 2.56. The fourth-order valence-electron chi connectivity index (χ4n) is 2.31. The van der Waals surface area contributed by atoms with Crippen LogP contribution in [0, 0.1) is 5.92 Å². The number of carbonyl (C=O) groups is 1. The van der Waals surface area contributed by atoms with Gasteiger partial charge >= 0.3 is 18.3 Å². The summed E-state index contributed by atoms with van der Waals surface area (Å²) in [5, 5.41) is 0. The summed E-state index contributed by atoms with van der Waals surface area (Å²) in [5.74, 6) is -1.15. The number of esters is 1. The topological polar surface area (TPSA) is 65.2 Å². The van der Waals surface area contributed by atoms with E-state index in [1.165, 1.54) is 0 Å². The highest BCUT2D eigenvalue weighted by Crippen LogP contribution is 2.41. The number of hydrogen-bond acceptors (Lipinski definition) is 4. The predicted octanol–water partition coefficient (Wildman–Crippen LogP) is 5.18. The zero-order chi connectivity index (χ0) is 21.3. The second-order valence-corrected chi connectivity index (χ2v) is 6.40. The first-order valence-electron chi connectivity index (χ1n) is 8.02. The third-order valence-electron chi connectivity index (χ3n) is 3.65. The van der Waals surface area contributed by atoms with Crippen LogP contribution < -0.4 is 5.73 Å². The third-order valence-corrected chi connectivity index (χ3v) is 3.65. The zero-order valence-corrected chi connectivity index (χ0v) is 14.8. The lowest BCUT2D eigenvalue weighted by Gasteiger charge is -2.17. The maximum absolute atomic E-state index is 13.3. The molecule has 0 radical (unpaired) electrons. The fourth-order valence-corrected chi connectivity index (χ4v) is 2.31. The lowest BCUT2D eigenvalue weighted by molar-refractivity contribution is -0.142. The number of alkyl halides is 6. The number of aromatic nitrogens is 1. The van der Waals surface area contributed by atoms with Crippen molar-refractivity contribution in [3.8, 4) is 11.1 Å². The van der Waals surface area contributed by atoms with Gasteiger partial charge in [-0.15, -0.1) is 0 Å². The van der Waals surface area contributed by atoms with E-state index < -0.39 is 35.0 Å². The van der Waals surface area contributed by atoms with Crippen LogP contribution in [0.4, 0.5) is 32.2 Å². The lowest BCUT2D eigenvalue weighted by Crippen LogP contribution is -2.14. The summed E-state index contributed by atoms with van der Waals surface area (Å²) >= 11 is 0. The summed E-state index contributed by atoms with van der Waals surface area (Å²) in [6, 6.07) is 2.24. The summed E-state index contributed by atoms with van der Waals surface area (Å²) in [5.41, 5.74) is 1.60. The molecule has 28 heavy (non-hydrogen) atoms. The van der Waals surface area contributed by atoms with Crippen molar-refractivity contribution in [3.05, 3.63) is 47.2 Å². The minimum atomic E-state index is -5.06. The van der Waals surface area contributed by atoms with Crippen molar-refractivity contribution in [3.63, 3.8) is 0 Å². The van der Waals surface area contributed by atoms with E-state index in [4.69, 9.17) is 10.5 Å². The Morgan fingerprint density at radius 3 is 2.29 bits per heavy atom. The Bertz CT molecular complexity index is 875. The van der Waals surface area contributed by atoms with Crippen molar-refractivity contribution in [2.75, 3.05) is 12.3 Å². The van der Waals surface area contributed by atoms with Gasteiger partial charge in [-0.25, -0.2) is 9.78 Å². The fraction of sp³-hybridized carbons (Fsp3) is 0.333. The number of nitrogens with zero attached hydrogens (tertiary/aromatic N) is 1. The van der Waals surface area contributed by atoms with Gasteiger partial charge in [0.15, 0.2) is 0 Å². The molecule has 0 fully saturated rings. The third kappa shape index (κ3) is 4.93. The van der Waals surface area contributed by atoms with Gasteiger partial charge in [0.2, 0.25) is 0 Å². The van der Waals surface area contributed by atoms with E-state index in [-0.39, 0.29) is 35.5 Å². The van der Waals surface area contributed by atoms with Crippen molar-refractivity contribution in [1.82, 2.24) is 4.98 Å². The number of ether oxygens (including phenoxy) is 1. The van der Waals surface area contributed by atoms with Crippen LogP contribution in [0.3, 0.4) is 0 Å². The zero-order valence-electron chi connectivity index (χ0n) is 14.8. The molecule has 0 aliphatic rings. The molecule has 0 saturated heterocycles. The summed E-state index contributed by atoms with van der Waals surface area (Å²) in [6.45, 7) is 3.61. The molecule has 152 valence electrons. The molecule has 2 aromatic rings. The molecule has 0 aliphatic carbocycles. The number of pyridine rings is 1. The molecule has 0 atom stereocenters. The summed E-state index contributed by atoms with van der Waals surface area (Å²) in [7, 11) is 0. The highest BCUT2D eigenvalue weighted by molar-refractivity contribution is 5.95. The Morgan fingerprint density at radius 2 is 1.75 bits per heavy atom. The van der Waals surface area contributed by atoms with E-state index in [0.717, 1.165) is 12.3 Å². The molecule has 2 N–H and O–H groups in total. The SMILES string of the molecule is CC(C)COC(=O)c1cc(-c2ccc(C(F)(F)F)cc2C(F)(F)F)cnc1N. The van der Waals surface area contributed by atoms with E-state index in [9.17, 15) is 31.1 Å². The van der Waals surface area contributed by atoms with Gasteiger partial charge in [0.25, 0.3) is 0 Å². The molecule has 0 unspecified atom stereocenters. The van der Waals surface area contributed by atoms with Crippen LogP contribution in [0.15, 0.2) is 30.5 Å². The number of nitrogens with two attached hydrogens (primary N) is 1. The van der Waals surface area contributed by atoms with Crippen molar-refractivity contribution < 1.29 is 35.9 Å². The summed E-state index contributed by atoms with van der Waals surface area (Å²) < 4.78 is 83.4. The van der Waals surface area contributed by atoms with Crippen LogP contribution in [-0.4, -0.2) is 17.6 Å². The van der Waals surface area contributed by atoms with Crippen molar-refractivity contribution in [1.29, 1.82) is 0 Å². The Kier molecular flexibility index (Phi) is 5.91. The average molecular weight is 406 g/mol. The average Bonchev–Trinajstić information content (AvgIpc) is 2.58. The summed E-state index contributed by atoms with van der Waals surface area (Å²) in [4.78, 5) is 15.8. The first kappa shape index (κ1) is 21.5. The predicted molar refractivity (Wildman–Crippen MR) is 89.2 cm³/mol. The number of halogens is 6. The Hall–Kier alpha value is -2.78. The molecule has 0 bridgehead atoms. The van der Waals surface area contributed by atoms with Crippen LogP contribution >= 0.6 is 0 Å². The van der Waals surface area contributed by atoms with E-state index >= 15 is 0 Å². The Morgan fingerprint density at radius 1 is 1.11 bits per heavy atom. The van der Waals surface area contributed by atoms with Gasteiger partial charge in [-0.1, -0.05) is 19.9 Å². The van der Waals surface area contributed by atoms with Crippen molar-refractivity contribution in [2.24, 2.45) is 5.92 Å². The molecule has 1 heterocycles. The highest BCUT2D eigenvalue weighted by Gasteiger charge is 2.38. The first-order chi connectivity index (χ1) is 12.8. The van der Waals surface area contributed by atoms with Crippen LogP contribution in [0.2, 0.25) is 0 Å². The molecule has 1 aromatic heterocycles. The van der Waals surface area contributed by atoms with E-state index in [2.05, 4.69) is 4.98 Å². The second kappa shape index (κ2) is 7.69. The standard InChI is InChI=1S/C18H16F6N2O2/c1-9(2)8-28-16(27)13-5-10(7-26-15(13)25)12-4-3-11(17(19,20)21)6-14(12)18(22,23)24/h3-7,9H,8H2,1-2H3,(H2,25,26). The largest absolute Gasteiger partial charge is 0.462 e. The normalized spacial score (nSPS) is 12.3. The number of benzene rings is 1. The van der Waals surface area contributed by atoms with E-state index in [1.807, 2.05) is 0 Å². The molecule has 0 spiro atoms. The highest BCUT2D eigenvalue weighted by atomic mass is 19.4. The number of rotatable bonds is 4. The van der Waals surface area contributed by atoms with Crippen LogP contribution in [0.5, 0.6) is 0 Å². The van der Waals surface area contributed by atoms with Gasteiger partial charge in [0, 0.05) is 11.8 Å². The Labute approximate surface area is 156 Å². The van der Waals surface area contributed by atoms with Crippen LogP contribution in [0.1, 0.15) is 35.3 Å². The number of carbonyl (C=O) groups excluding carboxylic acids is 1. The molecule has 2 rings (SSSR count). The quantitative estimate of drug-likeness (QED) is 0.561. The molecular formula is C18H16F6N2O2. The number of hydrogen-bond donors (Lipinski definition) is 1. The van der Waals surface area contributed by atoms with Gasteiger partial charge in [-0.05, 0) is 29.7 Å². The molecule has 0 amide bonds. The molecule has 0 aliphatic heterocycles. The van der Waals surface area contributed by atoms with Crippen LogP contribution in [-0.2, 0) is 17.1 Å². The van der Waals surface area contributed by atoms with E-state index in [0.29, 0.717) is 12.1 Å². The van der Waals surface area contributed by atoms with Gasteiger partial charge < -0.3 is 10.5 Å². The van der Waals surface area contributed by atoms with Gasteiger partial charge in [-0.3, -0.25) is 0 Å². The van der Waals surface area contributed by atoms with Crippen molar-refractivity contribution >= 4 is 11.8 Å². The van der Waals surface area contributed by atoms with Gasteiger partial charge in [0.1, 0.15) is 11.4 Å². The minimum Gasteiger partial charge on any atom is -0.462 e. The smallest absolute Gasteiger partial charge is 0.417 e. The lowest BCUT2D eigenvalue weighted by atomic mass is 9.97. The second-order valence-electron chi connectivity index (χ2n) is 6.40.